The van der Waals surface area contributed by atoms with Crippen LogP contribution in [0.25, 0.3) is 0 Å². The van der Waals surface area contributed by atoms with Crippen molar-refractivity contribution in [1.82, 2.24) is 5.32 Å². The number of rotatable bonds is 5. The molecule has 0 aliphatic rings. The lowest BCUT2D eigenvalue weighted by Gasteiger charge is -2.17. The van der Waals surface area contributed by atoms with Crippen LogP contribution in [0.3, 0.4) is 0 Å². The monoisotopic (exact) mass is 285 g/mol. The molecule has 17 heavy (non-hydrogen) atoms. The molecular weight excluding hydrogens is 270 g/mol. The van der Waals surface area contributed by atoms with Crippen LogP contribution in [0.4, 0.5) is 0 Å². The Morgan fingerprint density at radius 2 is 2.18 bits per heavy atom. The number of hydrogen-bond acceptors (Lipinski definition) is 3. The fourth-order valence-corrected chi connectivity index (χ4v) is 3.73. The highest BCUT2D eigenvalue weighted by atomic mass is 35.5. The summed E-state index contributed by atoms with van der Waals surface area (Å²) in [6, 6.07) is 6.60. The molecule has 0 amide bonds. The molecule has 2 heterocycles. The van der Waals surface area contributed by atoms with Crippen molar-refractivity contribution < 1.29 is 0 Å². The first-order valence-electron chi connectivity index (χ1n) is 5.75. The Bertz CT molecular complexity index is 475. The normalized spacial score (nSPS) is 12.9. The third-order valence-corrected chi connectivity index (χ3v) is 4.84. The van der Waals surface area contributed by atoms with Crippen molar-refractivity contribution in [2.45, 2.75) is 26.3 Å². The third kappa shape index (κ3) is 3.10. The average Bonchev–Trinajstić information content (AvgIpc) is 2.90. The van der Waals surface area contributed by atoms with Crippen LogP contribution < -0.4 is 5.32 Å². The zero-order valence-corrected chi connectivity index (χ0v) is 12.4. The van der Waals surface area contributed by atoms with Crippen LogP contribution in [0, 0.1) is 6.92 Å². The van der Waals surface area contributed by atoms with Crippen LogP contribution in [0.1, 0.15) is 34.7 Å². The lowest BCUT2D eigenvalue weighted by atomic mass is 10.1. The minimum atomic E-state index is 0.290. The fourth-order valence-electron chi connectivity index (χ4n) is 1.83. The highest BCUT2D eigenvalue weighted by Crippen LogP contribution is 2.33. The van der Waals surface area contributed by atoms with Crippen molar-refractivity contribution in [3.05, 3.63) is 43.2 Å². The maximum atomic E-state index is 6.03. The highest BCUT2D eigenvalue weighted by Gasteiger charge is 2.17. The second kappa shape index (κ2) is 6.01. The van der Waals surface area contributed by atoms with Gasteiger partial charge in [-0.15, -0.1) is 22.7 Å². The van der Waals surface area contributed by atoms with Crippen LogP contribution in [0.5, 0.6) is 0 Å². The Kier molecular flexibility index (Phi) is 4.62. The molecule has 1 unspecified atom stereocenters. The Morgan fingerprint density at radius 3 is 2.71 bits per heavy atom. The minimum absolute atomic E-state index is 0.290. The molecule has 0 fully saturated rings. The van der Waals surface area contributed by atoms with Crippen LogP contribution in [-0.4, -0.2) is 6.54 Å². The molecule has 1 N–H and O–H groups in total. The number of halogens is 1. The SMILES string of the molecule is CCCNC(c1ccc(Cl)s1)c1ccsc1C. The van der Waals surface area contributed by atoms with E-state index in [1.807, 2.05) is 6.07 Å². The molecule has 1 nitrogen and oxygen atoms in total. The van der Waals surface area contributed by atoms with Crippen molar-refractivity contribution in [2.24, 2.45) is 0 Å². The summed E-state index contributed by atoms with van der Waals surface area (Å²) >= 11 is 9.49. The second-order valence-corrected chi connectivity index (χ2v) is 6.83. The van der Waals surface area contributed by atoms with Crippen molar-refractivity contribution in [3.8, 4) is 0 Å². The molecule has 2 aromatic rings. The lowest BCUT2D eigenvalue weighted by Crippen LogP contribution is -2.22. The zero-order valence-electron chi connectivity index (χ0n) is 10.00. The van der Waals surface area contributed by atoms with E-state index in [0.717, 1.165) is 17.3 Å². The highest BCUT2D eigenvalue weighted by molar-refractivity contribution is 7.16. The van der Waals surface area contributed by atoms with E-state index in [-0.39, 0.29) is 0 Å². The van der Waals surface area contributed by atoms with E-state index in [2.05, 4.69) is 36.7 Å². The summed E-state index contributed by atoms with van der Waals surface area (Å²) in [6.45, 7) is 5.39. The molecule has 0 bridgehead atoms. The Morgan fingerprint density at radius 1 is 1.35 bits per heavy atom. The van der Waals surface area contributed by atoms with Gasteiger partial charge in [0.25, 0.3) is 0 Å². The first-order chi connectivity index (χ1) is 8.22. The van der Waals surface area contributed by atoms with Gasteiger partial charge >= 0.3 is 0 Å². The average molecular weight is 286 g/mol. The van der Waals surface area contributed by atoms with Crippen molar-refractivity contribution in [2.75, 3.05) is 6.54 Å². The van der Waals surface area contributed by atoms with Gasteiger partial charge in [0.2, 0.25) is 0 Å². The van der Waals surface area contributed by atoms with Gasteiger partial charge in [0.15, 0.2) is 0 Å². The van der Waals surface area contributed by atoms with Gasteiger partial charge in [0, 0.05) is 9.75 Å². The minimum Gasteiger partial charge on any atom is -0.306 e. The van der Waals surface area contributed by atoms with Gasteiger partial charge in [-0.1, -0.05) is 18.5 Å². The Labute approximate surface area is 115 Å². The van der Waals surface area contributed by atoms with Crippen molar-refractivity contribution in [3.63, 3.8) is 0 Å². The predicted octanol–water partition coefficient (Wildman–Crippen LogP) is 4.86. The van der Waals surface area contributed by atoms with Gasteiger partial charge in [-0.2, -0.15) is 0 Å². The standard InChI is InChI=1S/C13H16ClNS2/c1-3-7-15-13(10-6-8-16-9(10)2)11-4-5-12(14)17-11/h4-6,8,13,15H,3,7H2,1-2H3. The zero-order chi connectivity index (χ0) is 12.3. The molecule has 92 valence electrons. The van der Waals surface area contributed by atoms with Gasteiger partial charge < -0.3 is 5.32 Å². The van der Waals surface area contributed by atoms with E-state index in [9.17, 15) is 0 Å². The molecule has 2 rings (SSSR count). The van der Waals surface area contributed by atoms with Gasteiger partial charge in [-0.05, 0) is 49.0 Å². The molecule has 4 heteroatoms. The van der Waals surface area contributed by atoms with Gasteiger partial charge in [-0.3, -0.25) is 0 Å². The number of thiophene rings is 2. The molecule has 0 aromatic carbocycles. The van der Waals surface area contributed by atoms with Crippen molar-refractivity contribution in [1.29, 1.82) is 0 Å². The van der Waals surface area contributed by atoms with Gasteiger partial charge in [0.1, 0.15) is 0 Å². The summed E-state index contributed by atoms with van der Waals surface area (Å²) < 4.78 is 0.858. The molecule has 2 aromatic heterocycles. The van der Waals surface area contributed by atoms with Crippen LogP contribution in [-0.2, 0) is 0 Å². The fraction of sp³-hybridized carbons (Fsp3) is 0.385. The first-order valence-corrected chi connectivity index (χ1v) is 7.82. The quantitative estimate of drug-likeness (QED) is 0.827. The molecule has 1 atom stereocenters. The lowest BCUT2D eigenvalue weighted by molar-refractivity contribution is 0.605. The molecule has 0 radical (unpaired) electrons. The number of hydrogen-bond donors (Lipinski definition) is 1. The third-order valence-electron chi connectivity index (χ3n) is 2.69. The predicted molar refractivity (Wildman–Crippen MR) is 78.5 cm³/mol. The molecule has 0 aliphatic heterocycles. The smallest absolute Gasteiger partial charge is 0.0931 e. The first kappa shape index (κ1) is 13.1. The summed E-state index contributed by atoms with van der Waals surface area (Å²) in [4.78, 5) is 2.67. The topological polar surface area (TPSA) is 12.0 Å². The largest absolute Gasteiger partial charge is 0.306 e. The van der Waals surface area contributed by atoms with E-state index in [0.29, 0.717) is 6.04 Å². The van der Waals surface area contributed by atoms with Gasteiger partial charge in [-0.25, -0.2) is 0 Å². The van der Waals surface area contributed by atoms with Crippen LogP contribution in [0.2, 0.25) is 4.34 Å². The van der Waals surface area contributed by atoms with E-state index in [1.54, 1.807) is 22.7 Å². The maximum absolute atomic E-state index is 6.03. The molecule has 0 aliphatic carbocycles. The summed E-state index contributed by atoms with van der Waals surface area (Å²) in [7, 11) is 0. The molecule has 0 saturated heterocycles. The van der Waals surface area contributed by atoms with Gasteiger partial charge in [0.05, 0.1) is 10.4 Å². The number of nitrogens with one attached hydrogen (secondary N) is 1. The Hall–Kier alpha value is -0.350. The Balaban J connectivity index is 2.28. The summed E-state index contributed by atoms with van der Waals surface area (Å²) in [5.41, 5.74) is 1.38. The molecular formula is C13H16ClNS2. The molecule has 0 spiro atoms. The summed E-state index contributed by atoms with van der Waals surface area (Å²) in [5, 5.41) is 5.75. The van der Waals surface area contributed by atoms with E-state index in [4.69, 9.17) is 11.6 Å². The summed E-state index contributed by atoms with van der Waals surface area (Å²) in [6.07, 6.45) is 1.14. The van der Waals surface area contributed by atoms with Crippen LogP contribution in [0.15, 0.2) is 23.6 Å². The van der Waals surface area contributed by atoms with E-state index >= 15 is 0 Å². The summed E-state index contributed by atoms with van der Waals surface area (Å²) in [5.74, 6) is 0. The number of aryl methyl sites for hydroxylation is 1. The van der Waals surface area contributed by atoms with E-state index in [1.165, 1.54) is 15.3 Å². The maximum Gasteiger partial charge on any atom is 0.0931 e. The van der Waals surface area contributed by atoms with E-state index < -0.39 is 0 Å². The van der Waals surface area contributed by atoms with Crippen LogP contribution >= 0.6 is 34.3 Å². The second-order valence-electron chi connectivity index (χ2n) is 3.96. The van der Waals surface area contributed by atoms with Crippen molar-refractivity contribution >= 4 is 34.3 Å². The molecule has 0 saturated carbocycles.